The largest absolute Gasteiger partial charge is 0.355 e. The Bertz CT molecular complexity index is 1090. The fraction of sp³-hybridized carbons (Fsp3) is 0.364. The van der Waals surface area contributed by atoms with Gasteiger partial charge in [-0.15, -0.1) is 0 Å². The summed E-state index contributed by atoms with van der Waals surface area (Å²) in [6, 6.07) is 9.53. The predicted octanol–water partition coefficient (Wildman–Crippen LogP) is 2.04. The van der Waals surface area contributed by atoms with Gasteiger partial charge in [0.15, 0.2) is 5.65 Å². The molecule has 0 atom stereocenters. The van der Waals surface area contributed by atoms with E-state index in [4.69, 9.17) is 0 Å². The zero-order valence-electron chi connectivity index (χ0n) is 17.1. The maximum Gasteiger partial charge on any atom is 0.256 e. The fourth-order valence-corrected chi connectivity index (χ4v) is 3.79. The van der Waals surface area contributed by atoms with Gasteiger partial charge in [0.05, 0.1) is 5.39 Å². The lowest BCUT2D eigenvalue weighted by Crippen LogP contribution is -2.34. The highest BCUT2D eigenvalue weighted by Crippen LogP contribution is 2.17. The summed E-state index contributed by atoms with van der Waals surface area (Å²) in [4.78, 5) is 36.5. The molecule has 1 amide bonds. The van der Waals surface area contributed by atoms with E-state index in [0.29, 0.717) is 17.0 Å². The van der Waals surface area contributed by atoms with Crippen molar-refractivity contribution in [2.45, 2.75) is 19.3 Å². The van der Waals surface area contributed by atoms with Crippen molar-refractivity contribution >= 4 is 22.9 Å². The number of nitrogens with zero attached hydrogens (tertiary/aromatic N) is 4. The van der Waals surface area contributed by atoms with Crippen LogP contribution >= 0.6 is 0 Å². The maximum atomic E-state index is 12.9. The smallest absolute Gasteiger partial charge is 0.256 e. The second-order valence-electron chi connectivity index (χ2n) is 7.42. The first-order chi connectivity index (χ1) is 14.7. The van der Waals surface area contributed by atoms with Crippen LogP contribution in [0.25, 0.3) is 16.7 Å². The number of carbonyl (C=O) groups excluding carboxylic acids is 1. The van der Waals surface area contributed by atoms with Crippen molar-refractivity contribution < 1.29 is 4.79 Å². The van der Waals surface area contributed by atoms with Gasteiger partial charge >= 0.3 is 0 Å². The first-order valence-corrected chi connectivity index (χ1v) is 10.3. The maximum absolute atomic E-state index is 12.9. The summed E-state index contributed by atoms with van der Waals surface area (Å²) in [7, 11) is 1.50. The average molecular weight is 406 g/mol. The Morgan fingerprint density at radius 1 is 1.13 bits per heavy atom. The van der Waals surface area contributed by atoms with Crippen LogP contribution < -0.4 is 16.1 Å². The molecule has 3 aromatic rings. The number of piperidine rings is 1. The van der Waals surface area contributed by atoms with E-state index in [1.807, 2.05) is 30.3 Å². The lowest BCUT2D eigenvalue weighted by molar-refractivity contribution is 0.0961. The summed E-state index contributed by atoms with van der Waals surface area (Å²) < 4.78 is 1.76. The van der Waals surface area contributed by atoms with E-state index >= 15 is 0 Å². The van der Waals surface area contributed by atoms with Gasteiger partial charge < -0.3 is 20.1 Å². The Hall–Kier alpha value is -3.26. The third-order valence-electron chi connectivity index (χ3n) is 5.41. The van der Waals surface area contributed by atoms with Crippen molar-refractivity contribution in [1.29, 1.82) is 0 Å². The van der Waals surface area contributed by atoms with E-state index in [2.05, 4.69) is 25.5 Å². The van der Waals surface area contributed by atoms with Gasteiger partial charge in [-0.05, 0) is 38.1 Å². The molecule has 30 heavy (non-hydrogen) atoms. The normalized spacial score (nSPS) is 14.6. The van der Waals surface area contributed by atoms with Crippen molar-refractivity contribution in [3.63, 3.8) is 0 Å². The molecular weight excluding hydrogens is 380 g/mol. The van der Waals surface area contributed by atoms with Crippen molar-refractivity contribution in [1.82, 2.24) is 24.8 Å². The highest BCUT2D eigenvalue weighted by molar-refractivity contribution is 5.97. The number of anilines is 1. The minimum Gasteiger partial charge on any atom is -0.355 e. The lowest BCUT2D eigenvalue weighted by atomic mass is 10.1. The molecule has 1 aliphatic rings. The first-order valence-electron chi connectivity index (χ1n) is 10.3. The Morgan fingerprint density at radius 2 is 1.90 bits per heavy atom. The van der Waals surface area contributed by atoms with Crippen LogP contribution in [0.5, 0.6) is 0 Å². The monoisotopic (exact) mass is 406 g/mol. The molecule has 8 heteroatoms. The van der Waals surface area contributed by atoms with Crippen LogP contribution in [-0.4, -0.2) is 58.6 Å². The number of pyridine rings is 1. The standard InChI is InChI=1S/C22H26N6O2/c1-23-21(30)18-15-28(16-8-4-2-5-9-16)20-17(19(18)29)14-25-22(26-20)24-10-13-27-11-6-3-7-12-27/h2,4-5,8-9,14-15H,3,6-7,10-13H2,1H3,(H,23,30)(H,24,25,26). The Kier molecular flexibility index (Phi) is 6.04. The molecule has 8 nitrogen and oxygen atoms in total. The predicted molar refractivity (Wildman–Crippen MR) is 117 cm³/mol. The van der Waals surface area contributed by atoms with E-state index in [9.17, 15) is 9.59 Å². The third-order valence-corrected chi connectivity index (χ3v) is 5.41. The number of rotatable bonds is 6. The van der Waals surface area contributed by atoms with E-state index in [1.54, 1.807) is 10.8 Å². The first kappa shape index (κ1) is 20.0. The molecule has 1 aliphatic heterocycles. The number of hydrogen-bond acceptors (Lipinski definition) is 6. The molecule has 0 spiro atoms. The zero-order valence-corrected chi connectivity index (χ0v) is 17.1. The molecule has 1 aromatic carbocycles. The molecule has 156 valence electrons. The van der Waals surface area contributed by atoms with Gasteiger partial charge in [-0.25, -0.2) is 4.98 Å². The van der Waals surface area contributed by atoms with Crippen molar-refractivity contribution in [2.24, 2.45) is 0 Å². The van der Waals surface area contributed by atoms with Gasteiger partial charge in [0.25, 0.3) is 5.91 Å². The molecule has 0 unspecified atom stereocenters. The van der Waals surface area contributed by atoms with Gasteiger partial charge in [-0.2, -0.15) is 4.98 Å². The number of benzene rings is 1. The Balaban J connectivity index is 1.69. The summed E-state index contributed by atoms with van der Waals surface area (Å²) in [5.74, 6) is 0.0339. The zero-order chi connectivity index (χ0) is 20.9. The van der Waals surface area contributed by atoms with E-state index in [1.165, 1.54) is 32.5 Å². The van der Waals surface area contributed by atoms with Crippen LogP contribution in [0.4, 0.5) is 5.95 Å². The number of amides is 1. The number of nitrogens with one attached hydrogen (secondary N) is 2. The Labute approximate surface area is 175 Å². The molecule has 1 saturated heterocycles. The highest BCUT2D eigenvalue weighted by Gasteiger charge is 2.17. The van der Waals surface area contributed by atoms with Gasteiger partial charge in [-0.3, -0.25) is 9.59 Å². The summed E-state index contributed by atoms with van der Waals surface area (Å²) in [5.41, 5.74) is 0.958. The highest BCUT2D eigenvalue weighted by atomic mass is 16.2. The molecule has 0 bridgehead atoms. The van der Waals surface area contributed by atoms with Crippen molar-refractivity contribution in [2.75, 3.05) is 38.5 Å². The van der Waals surface area contributed by atoms with Crippen molar-refractivity contribution in [3.8, 4) is 5.69 Å². The molecule has 0 aliphatic carbocycles. The van der Waals surface area contributed by atoms with Gasteiger partial charge in [0.2, 0.25) is 11.4 Å². The minimum atomic E-state index is -0.435. The van der Waals surface area contributed by atoms with Gasteiger partial charge in [0, 0.05) is 38.2 Å². The average Bonchev–Trinajstić information content (AvgIpc) is 2.80. The third kappa shape index (κ3) is 4.18. The number of fused-ring (bicyclic) bond motifs is 1. The van der Waals surface area contributed by atoms with Crippen LogP contribution in [-0.2, 0) is 0 Å². The topological polar surface area (TPSA) is 92.2 Å². The number of aromatic nitrogens is 3. The second-order valence-corrected chi connectivity index (χ2v) is 7.42. The Morgan fingerprint density at radius 3 is 2.63 bits per heavy atom. The number of likely N-dealkylation sites (tertiary alicyclic amines) is 1. The quantitative estimate of drug-likeness (QED) is 0.651. The van der Waals surface area contributed by atoms with Crippen LogP contribution in [0.15, 0.2) is 47.5 Å². The van der Waals surface area contributed by atoms with Crippen LogP contribution in [0.2, 0.25) is 0 Å². The summed E-state index contributed by atoms with van der Waals surface area (Å²) in [6.45, 7) is 3.94. The molecular formula is C22H26N6O2. The molecule has 2 aromatic heterocycles. The van der Waals surface area contributed by atoms with Crippen molar-refractivity contribution in [3.05, 3.63) is 58.5 Å². The van der Waals surface area contributed by atoms with Gasteiger partial charge in [-0.1, -0.05) is 24.6 Å². The van der Waals surface area contributed by atoms with E-state index in [-0.39, 0.29) is 11.0 Å². The van der Waals surface area contributed by atoms with Crippen LogP contribution in [0.1, 0.15) is 29.6 Å². The molecule has 2 N–H and O–H groups in total. The molecule has 0 radical (unpaired) electrons. The molecule has 3 heterocycles. The second kappa shape index (κ2) is 9.04. The van der Waals surface area contributed by atoms with Crippen LogP contribution in [0, 0.1) is 0 Å². The molecule has 0 saturated carbocycles. The summed E-state index contributed by atoms with van der Waals surface area (Å²) in [6.07, 6.45) is 6.86. The number of para-hydroxylation sites is 1. The fourth-order valence-electron chi connectivity index (χ4n) is 3.79. The summed E-state index contributed by atoms with van der Waals surface area (Å²) in [5, 5.41) is 6.11. The number of carbonyl (C=O) groups is 1. The molecule has 1 fully saturated rings. The minimum absolute atomic E-state index is 0.0586. The van der Waals surface area contributed by atoms with E-state index in [0.717, 1.165) is 31.9 Å². The molecule has 4 rings (SSSR count). The summed E-state index contributed by atoms with van der Waals surface area (Å²) >= 11 is 0. The number of hydrogen-bond donors (Lipinski definition) is 2. The van der Waals surface area contributed by atoms with E-state index < -0.39 is 5.91 Å². The van der Waals surface area contributed by atoms with Gasteiger partial charge in [0.1, 0.15) is 5.56 Å². The van der Waals surface area contributed by atoms with Crippen LogP contribution in [0.3, 0.4) is 0 Å². The lowest BCUT2D eigenvalue weighted by Gasteiger charge is -2.26. The SMILES string of the molecule is CNC(=O)c1cn(-c2ccccc2)c2nc(NCCN3CCCCC3)ncc2c1=O.